The first-order chi connectivity index (χ1) is 7.99. The highest BCUT2D eigenvalue weighted by Crippen LogP contribution is 2.34. The number of halogens is 2. The summed E-state index contributed by atoms with van der Waals surface area (Å²) in [5.74, 6) is -0.700. The van der Waals surface area contributed by atoms with Crippen molar-refractivity contribution in [2.24, 2.45) is 0 Å². The Labute approximate surface area is 102 Å². The molecule has 0 aliphatic carbocycles. The molecule has 1 saturated heterocycles. The molecular formula is C10H10ClFN2O3. The highest BCUT2D eigenvalue weighted by atomic mass is 35.5. The molecule has 1 fully saturated rings. The van der Waals surface area contributed by atoms with Gasteiger partial charge in [0.05, 0.1) is 16.0 Å². The van der Waals surface area contributed by atoms with Crippen molar-refractivity contribution in [1.82, 2.24) is 0 Å². The van der Waals surface area contributed by atoms with Crippen molar-refractivity contribution in [2.45, 2.75) is 12.5 Å². The van der Waals surface area contributed by atoms with Crippen molar-refractivity contribution in [3.63, 3.8) is 0 Å². The Bertz CT molecular complexity index is 469. The van der Waals surface area contributed by atoms with E-state index in [1.54, 1.807) is 4.90 Å². The molecule has 0 unspecified atom stereocenters. The Morgan fingerprint density at radius 3 is 2.82 bits per heavy atom. The van der Waals surface area contributed by atoms with E-state index < -0.39 is 16.8 Å². The van der Waals surface area contributed by atoms with Crippen LogP contribution in [0.3, 0.4) is 0 Å². The molecule has 7 heteroatoms. The summed E-state index contributed by atoms with van der Waals surface area (Å²) in [6, 6.07) is 2.04. The topological polar surface area (TPSA) is 66.6 Å². The summed E-state index contributed by atoms with van der Waals surface area (Å²) in [6.45, 7) is 0.727. The number of β-amino-alcohol motifs (C(OH)–C–C–N with tert-alkyl or cyclic N) is 1. The van der Waals surface area contributed by atoms with E-state index >= 15 is 0 Å². The van der Waals surface area contributed by atoms with Crippen molar-refractivity contribution in [1.29, 1.82) is 0 Å². The predicted octanol–water partition coefficient (Wildman–Crippen LogP) is 1.96. The van der Waals surface area contributed by atoms with Crippen LogP contribution in [0, 0.1) is 15.9 Å². The molecule has 1 aromatic rings. The number of aliphatic hydroxyl groups excluding tert-OH is 1. The van der Waals surface area contributed by atoms with Crippen LogP contribution >= 0.6 is 11.6 Å². The van der Waals surface area contributed by atoms with Crippen LogP contribution in [-0.4, -0.2) is 29.2 Å². The summed E-state index contributed by atoms with van der Waals surface area (Å²) in [5, 5.41) is 20.0. The Morgan fingerprint density at radius 2 is 2.29 bits per heavy atom. The van der Waals surface area contributed by atoms with Crippen LogP contribution in [0.1, 0.15) is 6.42 Å². The van der Waals surface area contributed by atoms with Gasteiger partial charge in [-0.3, -0.25) is 10.1 Å². The summed E-state index contributed by atoms with van der Waals surface area (Å²) in [6.07, 6.45) is -0.0187. The first-order valence-electron chi connectivity index (χ1n) is 5.05. The minimum absolute atomic E-state index is 0.161. The second kappa shape index (κ2) is 4.46. The molecule has 0 radical (unpaired) electrons. The molecule has 0 aromatic heterocycles. The fourth-order valence-electron chi connectivity index (χ4n) is 1.89. The van der Waals surface area contributed by atoms with E-state index in [4.69, 9.17) is 11.6 Å². The lowest BCUT2D eigenvalue weighted by Crippen LogP contribution is -2.22. The monoisotopic (exact) mass is 260 g/mol. The minimum Gasteiger partial charge on any atom is -0.391 e. The molecule has 92 valence electrons. The van der Waals surface area contributed by atoms with Gasteiger partial charge in [0, 0.05) is 25.2 Å². The third-order valence-corrected chi connectivity index (χ3v) is 3.01. The van der Waals surface area contributed by atoms with Gasteiger partial charge in [-0.05, 0) is 6.42 Å². The van der Waals surface area contributed by atoms with E-state index in [-0.39, 0.29) is 22.9 Å². The van der Waals surface area contributed by atoms with E-state index in [0.717, 1.165) is 12.1 Å². The fourth-order valence-corrected chi connectivity index (χ4v) is 2.04. The van der Waals surface area contributed by atoms with Gasteiger partial charge in [-0.25, -0.2) is 4.39 Å². The van der Waals surface area contributed by atoms with Crippen molar-refractivity contribution in [3.8, 4) is 0 Å². The van der Waals surface area contributed by atoms with E-state index in [0.29, 0.717) is 13.0 Å². The largest absolute Gasteiger partial charge is 0.391 e. The molecular weight excluding hydrogens is 251 g/mol. The lowest BCUT2D eigenvalue weighted by Gasteiger charge is -2.17. The fraction of sp³-hybridized carbons (Fsp3) is 0.400. The van der Waals surface area contributed by atoms with Crippen LogP contribution in [0.2, 0.25) is 5.02 Å². The van der Waals surface area contributed by atoms with E-state index in [1.807, 2.05) is 0 Å². The van der Waals surface area contributed by atoms with Crippen LogP contribution < -0.4 is 4.90 Å². The van der Waals surface area contributed by atoms with Crippen molar-refractivity contribution >= 4 is 23.0 Å². The minimum atomic E-state index is -0.700. The van der Waals surface area contributed by atoms with E-state index in [9.17, 15) is 19.6 Å². The lowest BCUT2D eigenvalue weighted by molar-refractivity contribution is -0.384. The van der Waals surface area contributed by atoms with Gasteiger partial charge >= 0.3 is 0 Å². The van der Waals surface area contributed by atoms with Gasteiger partial charge < -0.3 is 10.0 Å². The molecule has 0 spiro atoms. The molecule has 0 amide bonds. The van der Waals surface area contributed by atoms with Gasteiger partial charge in [0.1, 0.15) is 11.5 Å². The second-order valence-electron chi connectivity index (χ2n) is 3.90. The van der Waals surface area contributed by atoms with Gasteiger partial charge in [0.15, 0.2) is 0 Å². The number of hydrogen-bond acceptors (Lipinski definition) is 4. The number of aliphatic hydroxyl groups is 1. The third-order valence-electron chi connectivity index (χ3n) is 2.72. The lowest BCUT2D eigenvalue weighted by atomic mass is 10.2. The van der Waals surface area contributed by atoms with Gasteiger partial charge in [-0.1, -0.05) is 11.6 Å². The number of hydrogen-bond donors (Lipinski definition) is 1. The van der Waals surface area contributed by atoms with Crippen LogP contribution in [-0.2, 0) is 0 Å². The van der Waals surface area contributed by atoms with Crippen LogP contribution in [0.15, 0.2) is 12.1 Å². The smallest absolute Gasteiger partial charge is 0.294 e. The van der Waals surface area contributed by atoms with E-state index in [1.165, 1.54) is 0 Å². The number of nitrogens with zero attached hydrogens (tertiary/aromatic N) is 2. The van der Waals surface area contributed by atoms with Gasteiger partial charge in [0.25, 0.3) is 5.69 Å². The summed E-state index contributed by atoms with van der Waals surface area (Å²) in [5.41, 5.74) is -0.0843. The molecule has 1 N–H and O–H groups in total. The SMILES string of the molecule is O=[N+]([O-])c1cc(Cl)c(F)cc1N1CC[C@@H](O)C1. The van der Waals surface area contributed by atoms with E-state index in [2.05, 4.69) is 0 Å². The summed E-state index contributed by atoms with van der Waals surface area (Å²) >= 11 is 5.52. The molecule has 1 aliphatic heterocycles. The molecule has 1 atom stereocenters. The number of benzene rings is 1. The predicted molar refractivity (Wildman–Crippen MR) is 60.9 cm³/mol. The number of nitro groups is 1. The Hall–Kier alpha value is -1.40. The highest BCUT2D eigenvalue weighted by molar-refractivity contribution is 6.31. The van der Waals surface area contributed by atoms with Crippen LogP contribution in [0.25, 0.3) is 0 Å². The van der Waals surface area contributed by atoms with Gasteiger partial charge in [0.2, 0.25) is 0 Å². The van der Waals surface area contributed by atoms with Crippen LogP contribution in [0.5, 0.6) is 0 Å². The molecule has 2 rings (SSSR count). The average molecular weight is 261 g/mol. The maximum absolute atomic E-state index is 13.3. The molecule has 1 aliphatic rings. The zero-order chi connectivity index (χ0) is 12.6. The zero-order valence-electron chi connectivity index (χ0n) is 8.77. The summed E-state index contributed by atoms with van der Waals surface area (Å²) in [7, 11) is 0. The Morgan fingerprint density at radius 1 is 1.59 bits per heavy atom. The first kappa shape index (κ1) is 12.1. The van der Waals surface area contributed by atoms with Crippen LogP contribution in [0.4, 0.5) is 15.8 Å². The molecule has 0 saturated carbocycles. The molecule has 1 heterocycles. The number of anilines is 1. The maximum Gasteiger partial charge on any atom is 0.294 e. The zero-order valence-corrected chi connectivity index (χ0v) is 9.52. The Balaban J connectivity index is 2.44. The van der Waals surface area contributed by atoms with Crippen molar-refractivity contribution in [2.75, 3.05) is 18.0 Å². The van der Waals surface area contributed by atoms with Gasteiger partial charge in [-0.2, -0.15) is 0 Å². The standard InChI is InChI=1S/C10H10ClFN2O3/c11-7-3-10(14(16)17)9(4-8(7)12)13-2-1-6(15)5-13/h3-4,6,15H,1-2,5H2/t6-/m1/s1. The first-order valence-corrected chi connectivity index (χ1v) is 5.43. The number of rotatable bonds is 2. The second-order valence-corrected chi connectivity index (χ2v) is 4.31. The molecule has 1 aromatic carbocycles. The Kier molecular flexibility index (Phi) is 3.17. The highest BCUT2D eigenvalue weighted by Gasteiger charge is 2.27. The number of nitro benzene ring substituents is 1. The summed E-state index contributed by atoms with van der Waals surface area (Å²) in [4.78, 5) is 11.8. The van der Waals surface area contributed by atoms with Crippen molar-refractivity contribution < 1.29 is 14.4 Å². The maximum atomic E-state index is 13.3. The van der Waals surface area contributed by atoms with Crippen molar-refractivity contribution in [3.05, 3.63) is 33.1 Å². The molecule has 5 nitrogen and oxygen atoms in total. The molecule has 17 heavy (non-hydrogen) atoms. The average Bonchev–Trinajstić information content (AvgIpc) is 2.68. The molecule has 0 bridgehead atoms. The third kappa shape index (κ3) is 2.32. The quantitative estimate of drug-likeness (QED) is 0.652. The normalized spacial score (nSPS) is 19.7. The van der Waals surface area contributed by atoms with Gasteiger partial charge in [-0.15, -0.1) is 0 Å². The summed E-state index contributed by atoms with van der Waals surface area (Å²) < 4.78 is 13.3.